The van der Waals surface area contributed by atoms with Gasteiger partial charge in [-0.1, -0.05) is 24.3 Å². The Morgan fingerprint density at radius 3 is 2.76 bits per heavy atom. The topological polar surface area (TPSA) is 62.3 Å². The molecule has 0 unspecified atom stereocenters. The molecule has 0 aliphatic carbocycles. The number of aryl methyl sites for hydroxylation is 1. The number of para-hydroxylation sites is 1. The molecule has 0 bridgehead atoms. The van der Waals surface area contributed by atoms with Gasteiger partial charge in [0.15, 0.2) is 0 Å². The fourth-order valence-corrected chi connectivity index (χ4v) is 3.79. The number of benzene rings is 1. The van der Waals surface area contributed by atoms with E-state index in [2.05, 4.69) is 9.71 Å². The van der Waals surface area contributed by atoms with Crippen LogP contribution in [0.25, 0.3) is 0 Å². The Labute approximate surface area is 124 Å². The molecule has 0 saturated carbocycles. The van der Waals surface area contributed by atoms with Crippen LogP contribution in [0, 0.1) is 0 Å². The van der Waals surface area contributed by atoms with Crippen molar-refractivity contribution in [2.45, 2.75) is 19.4 Å². The summed E-state index contributed by atoms with van der Waals surface area (Å²) in [6, 6.07) is 13.1. The van der Waals surface area contributed by atoms with E-state index in [0.29, 0.717) is 12.2 Å². The van der Waals surface area contributed by atoms with Gasteiger partial charge < -0.3 is 0 Å². The first-order chi connectivity index (χ1) is 10.2. The summed E-state index contributed by atoms with van der Waals surface area (Å²) in [5.74, 6) is 0. The molecule has 2 heterocycles. The largest absolute Gasteiger partial charge is 0.301 e. The smallest absolute Gasteiger partial charge is 0.260 e. The molecule has 3 rings (SSSR count). The number of hydrogen-bond acceptors (Lipinski definition) is 3. The second kappa shape index (κ2) is 5.83. The van der Waals surface area contributed by atoms with Gasteiger partial charge in [0, 0.05) is 12.7 Å². The fourth-order valence-electron chi connectivity index (χ4n) is 2.49. The molecule has 110 valence electrons. The molecule has 0 amide bonds. The summed E-state index contributed by atoms with van der Waals surface area (Å²) >= 11 is 0. The highest BCUT2D eigenvalue weighted by molar-refractivity contribution is 7.90. The highest BCUT2D eigenvalue weighted by atomic mass is 32.2. The van der Waals surface area contributed by atoms with Crippen molar-refractivity contribution < 1.29 is 8.42 Å². The Kier molecular flexibility index (Phi) is 3.90. The molecule has 0 saturated heterocycles. The van der Waals surface area contributed by atoms with Gasteiger partial charge in [0.05, 0.1) is 17.9 Å². The summed E-state index contributed by atoms with van der Waals surface area (Å²) in [6.07, 6.45) is 3.41. The third-order valence-electron chi connectivity index (χ3n) is 3.52. The summed E-state index contributed by atoms with van der Waals surface area (Å²) in [7, 11) is -3.55. The van der Waals surface area contributed by atoms with Crippen LogP contribution in [-0.4, -0.2) is 19.9 Å². The minimum Gasteiger partial charge on any atom is -0.260 e. The lowest BCUT2D eigenvalue weighted by molar-refractivity contribution is 0.571. The lowest BCUT2D eigenvalue weighted by Crippen LogP contribution is -2.43. The van der Waals surface area contributed by atoms with Gasteiger partial charge in [0.1, 0.15) is 0 Å². The van der Waals surface area contributed by atoms with Crippen molar-refractivity contribution >= 4 is 15.9 Å². The van der Waals surface area contributed by atoms with Gasteiger partial charge in [0.2, 0.25) is 0 Å². The number of anilines is 1. The van der Waals surface area contributed by atoms with E-state index < -0.39 is 10.2 Å². The average Bonchev–Trinajstić information content (AvgIpc) is 2.53. The molecule has 21 heavy (non-hydrogen) atoms. The molecular formula is C15H17N3O2S. The van der Waals surface area contributed by atoms with Crippen molar-refractivity contribution in [2.75, 3.05) is 10.8 Å². The third kappa shape index (κ3) is 3.06. The van der Waals surface area contributed by atoms with Gasteiger partial charge in [-0.05, 0) is 36.6 Å². The quantitative estimate of drug-likeness (QED) is 0.938. The second-order valence-electron chi connectivity index (χ2n) is 4.95. The minimum atomic E-state index is -3.55. The Hall–Kier alpha value is -1.92. The van der Waals surface area contributed by atoms with Crippen molar-refractivity contribution in [1.82, 2.24) is 9.71 Å². The number of hydrogen-bond donors (Lipinski definition) is 1. The average molecular weight is 303 g/mol. The third-order valence-corrected chi connectivity index (χ3v) is 4.99. The van der Waals surface area contributed by atoms with Gasteiger partial charge in [-0.3, -0.25) is 9.29 Å². The molecule has 0 spiro atoms. The van der Waals surface area contributed by atoms with Crippen LogP contribution in [0.4, 0.5) is 5.69 Å². The summed E-state index contributed by atoms with van der Waals surface area (Å²) in [4.78, 5) is 4.13. The number of nitrogens with one attached hydrogen (secondary N) is 1. The Balaban J connectivity index is 1.80. The molecule has 1 N–H and O–H groups in total. The molecule has 0 atom stereocenters. The van der Waals surface area contributed by atoms with Gasteiger partial charge >= 0.3 is 10.2 Å². The van der Waals surface area contributed by atoms with Crippen LogP contribution < -0.4 is 9.03 Å². The van der Waals surface area contributed by atoms with Gasteiger partial charge in [0.25, 0.3) is 0 Å². The van der Waals surface area contributed by atoms with E-state index in [9.17, 15) is 8.42 Å². The maximum atomic E-state index is 12.5. The maximum absolute atomic E-state index is 12.5. The van der Waals surface area contributed by atoms with E-state index in [1.165, 1.54) is 4.31 Å². The Morgan fingerprint density at radius 2 is 1.95 bits per heavy atom. The molecule has 2 aromatic rings. The number of fused-ring (bicyclic) bond motifs is 1. The van der Waals surface area contributed by atoms with E-state index in [1.54, 1.807) is 18.3 Å². The van der Waals surface area contributed by atoms with Crippen molar-refractivity contribution in [3.05, 3.63) is 59.9 Å². The maximum Gasteiger partial charge on any atom is 0.301 e. The van der Waals surface area contributed by atoms with Crippen molar-refractivity contribution in [1.29, 1.82) is 0 Å². The second-order valence-corrected chi connectivity index (χ2v) is 6.63. The highest BCUT2D eigenvalue weighted by Crippen LogP contribution is 2.28. The van der Waals surface area contributed by atoms with Gasteiger partial charge in [-0.25, -0.2) is 0 Å². The van der Waals surface area contributed by atoms with Crippen molar-refractivity contribution in [3.8, 4) is 0 Å². The molecule has 1 aromatic heterocycles. The van der Waals surface area contributed by atoms with Crippen LogP contribution in [0.5, 0.6) is 0 Å². The zero-order chi connectivity index (χ0) is 14.7. The summed E-state index contributed by atoms with van der Waals surface area (Å²) in [5.41, 5.74) is 2.55. The van der Waals surface area contributed by atoms with Gasteiger partial charge in [-0.2, -0.15) is 13.1 Å². The normalized spacial score (nSPS) is 14.8. The first-order valence-corrected chi connectivity index (χ1v) is 8.36. The lowest BCUT2D eigenvalue weighted by atomic mass is 10.0. The van der Waals surface area contributed by atoms with Crippen LogP contribution in [-0.2, 0) is 23.2 Å². The predicted octanol–water partition coefficient (Wildman–Crippen LogP) is 1.87. The van der Waals surface area contributed by atoms with Crippen molar-refractivity contribution in [3.63, 3.8) is 0 Å². The highest BCUT2D eigenvalue weighted by Gasteiger charge is 2.26. The molecule has 1 aromatic carbocycles. The van der Waals surface area contributed by atoms with E-state index in [4.69, 9.17) is 0 Å². The molecule has 6 heteroatoms. The fraction of sp³-hybridized carbons (Fsp3) is 0.267. The zero-order valence-electron chi connectivity index (χ0n) is 11.6. The van der Waals surface area contributed by atoms with Crippen LogP contribution >= 0.6 is 0 Å². The Bertz CT molecular complexity index is 717. The molecule has 5 nitrogen and oxygen atoms in total. The van der Waals surface area contributed by atoms with E-state index in [-0.39, 0.29) is 6.54 Å². The summed E-state index contributed by atoms with van der Waals surface area (Å²) in [6.45, 7) is 0.705. The SMILES string of the molecule is O=S(=O)(NCc1ccccn1)N1CCCc2ccccc21. The number of aromatic nitrogens is 1. The van der Waals surface area contributed by atoms with Gasteiger partial charge in [-0.15, -0.1) is 0 Å². The van der Waals surface area contributed by atoms with E-state index in [0.717, 1.165) is 24.1 Å². The number of rotatable bonds is 4. The molecule has 1 aliphatic heterocycles. The molecule has 0 fully saturated rings. The molecule has 1 aliphatic rings. The predicted molar refractivity (Wildman–Crippen MR) is 82.1 cm³/mol. The number of pyridine rings is 1. The summed E-state index contributed by atoms with van der Waals surface area (Å²) < 4.78 is 29.1. The van der Waals surface area contributed by atoms with Crippen LogP contribution in [0.2, 0.25) is 0 Å². The van der Waals surface area contributed by atoms with E-state index >= 15 is 0 Å². The number of nitrogens with zero attached hydrogens (tertiary/aromatic N) is 2. The van der Waals surface area contributed by atoms with Crippen molar-refractivity contribution in [2.24, 2.45) is 0 Å². The lowest BCUT2D eigenvalue weighted by Gasteiger charge is -2.30. The molecule has 0 radical (unpaired) electrons. The van der Waals surface area contributed by atoms with E-state index in [1.807, 2.05) is 30.3 Å². The monoisotopic (exact) mass is 303 g/mol. The minimum absolute atomic E-state index is 0.196. The Morgan fingerprint density at radius 1 is 1.14 bits per heavy atom. The molecular weight excluding hydrogens is 286 g/mol. The first kappa shape index (κ1) is 14.0. The first-order valence-electron chi connectivity index (χ1n) is 6.92. The zero-order valence-corrected chi connectivity index (χ0v) is 12.4. The van der Waals surface area contributed by atoms with Crippen LogP contribution in [0.3, 0.4) is 0 Å². The summed E-state index contributed by atoms with van der Waals surface area (Å²) in [5, 5.41) is 0. The van der Waals surface area contributed by atoms with Crippen LogP contribution in [0.15, 0.2) is 48.7 Å². The standard InChI is InChI=1S/C15H17N3O2S/c19-21(20,17-12-14-8-3-4-10-16-14)18-11-5-7-13-6-1-2-9-15(13)18/h1-4,6,8-10,17H,5,7,11-12H2. The van der Waals surface area contributed by atoms with Crippen LogP contribution in [0.1, 0.15) is 17.7 Å².